The normalized spacial score (nSPS) is 37.0. The van der Waals surface area contributed by atoms with Crippen molar-refractivity contribution in [2.75, 3.05) is 26.2 Å². The number of amides is 2. The summed E-state index contributed by atoms with van der Waals surface area (Å²) in [6.45, 7) is 5.57. The molecule has 2 amide bonds. The number of methoxy groups -OCH3 is 2. The first-order chi connectivity index (χ1) is 18.9. The van der Waals surface area contributed by atoms with E-state index in [-0.39, 0.29) is 24.7 Å². The van der Waals surface area contributed by atoms with Crippen LogP contribution in [0.1, 0.15) is 44.7 Å². The van der Waals surface area contributed by atoms with Crippen LogP contribution in [0, 0.1) is 5.92 Å². The van der Waals surface area contributed by atoms with Crippen LogP contribution >= 0.6 is 22.6 Å². The number of benzene rings is 1. The molecule has 0 radical (unpaired) electrons. The van der Waals surface area contributed by atoms with E-state index in [1.165, 1.54) is 7.11 Å². The molecule has 3 heterocycles. The standard InChI is InChI=1S/C29H39IN2O8/c1-16-8-7-9-24(38-6)29(36)14-22(39-27(35)31-29)17(2)26-28(3,40-26)23(33)13-25(34)32(4)20-11-18(10-16)12-21(37-5)19(20)15-30/h7-9,11-12,17,22-24,26,33,36H,10,13-15H2,1-6H3,(H,31,35)/b9-7+,16-8+. The molecule has 4 bridgehead atoms. The Kier molecular flexibility index (Phi) is 9.20. The Morgan fingerprint density at radius 1 is 1.27 bits per heavy atom. The second-order valence-electron chi connectivity index (χ2n) is 11.1. The fourth-order valence-corrected chi connectivity index (χ4v) is 6.50. The number of carbonyl (C=O) groups is 2. The third-order valence-corrected chi connectivity index (χ3v) is 9.04. The van der Waals surface area contributed by atoms with Crippen LogP contribution in [0.5, 0.6) is 5.75 Å². The van der Waals surface area contributed by atoms with Crippen molar-refractivity contribution in [2.45, 2.75) is 80.2 Å². The van der Waals surface area contributed by atoms with Gasteiger partial charge in [-0.05, 0) is 38.0 Å². The SMILES string of the molecule is COc1cc2cc(c1CI)N(C)C(=O)CC(O)C1(C)OC1C(C)C1CC(O)(NC(=O)O1)C(OC)/C=C/C=C(\C)C2. The lowest BCUT2D eigenvalue weighted by Crippen LogP contribution is -2.63. The number of hydrogen-bond donors (Lipinski definition) is 3. The lowest BCUT2D eigenvalue weighted by molar-refractivity contribution is -0.142. The summed E-state index contributed by atoms with van der Waals surface area (Å²) in [6, 6.07) is 3.95. The van der Waals surface area contributed by atoms with Crippen LogP contribution in [0.15, 0.2) is 35.9 Å². The molecule has 2 fully saturated rings. The van der Waals surface area contributed by atoms with Gasteiger partial charge in [-0.15, -0.1) is 0 Å². The van der Waals surface area contributed by atoms with Crippen LogP contribution in [0.4, 0.5) is 10.5 Å². The molecule has 0 saturated carbocycles. The number of nitrogens with zero attached hydrogens (tertiary/aromatic N) is 1. The zero-order chi connectivity index (χ0) is 29.4. The molecule has 0 aliphatic carbocycles. The number of aliphatic hydroxyl groups is 2. The third-order valence-electron chi connectivity index (χ3n) is 8.28. The van der Waals surface area contributed by atoms with Gasteiger partial charge in [0.2, 0.25) is 5.91 Å². The summed E-state index contributed by atoms with van der Waals surface area (Å²) in [4.78, 5) is 27.5. The van der Waals surface area contributed by atoms with Crippen molar-refractivity contribution in [1.82, 2.24) is 5.32 Å². The van der Waals surface area contributed by atoms with E-state index in [9.17, 15) is 19.8 Å². The van der Waals surface area contributed by atoms with Gasteiger partial charge in [0.1, 0.15) is 23.6 Å². The number of alkyl halides is 1. The molecule has 3 N–H and O–H groups in total. The molecule has 0 spiro atoms. The van der Waals surface area contributed by atoms with Gasteiger partial charge in [0.15, 0.2) is 5.72 Å². The molecule has 2 saturated heterocycles. The molecule has 1 aromatic rings. The van der Waals surface area contributed by atoms with E-state index in [0.29, 0.717) is 16.6 Å². The predicted octanol–water partition coefficient (Wildman–Crippen LogP) is 3.40. The van der Waals surface area contributed by atoms with E-state index in [1.54, 1.807) is 38.1 Å². The van der Waals surface area contributed by atoms with Crippen molar-refractivity contribution in [2.24, 2.45) is 5.92 Å². The minimum absolute atomic E-state index is 0.0455. The summed E-state index contributed by atoms with van der Waals surface area (Å²) in [5.74, 6) is 0.0503. The second-order valence-corrected chi connectivity index (χ2v) is 11.9. The number of nitrogens with one attached hydrogen (secondary N) is 1. The fraction of sp³-hybridized carbons (Fsp3) is 0.586. The lowest BCUT2D eigenvalue weighted by atomic mass is 9.84. The lowest BCUT2D eigenvalue weighted by Gasteiger charge is -2.42. The van der Waals surface area contributed by atoms with Crippen LogP contribution in [0.25, 0.3) is 0 Å². The molecule has 10 nitrogen and oxygen atoms in total. The fourth-order valence-electron chi connectivity index (χ4n) is 5.73. The number of anilines is 1. The minimum atomic E-state index is -1.72. The number of halogens is 1. The number of alkyl carbamates (subject to hydrolysis) is 1. The van der Waals surface area contributed by atoms with Crippen LogP contribution in [0.2, 0.25) is 0 Å². The van der Waals surface area contributed by atoms with Gasteiger partial charge in [-0.25, -0.2) is 4.79 Å². The highest BCUT2D eigenvalue weighted by Crippen LogP contribution is 2.48. The summed E-state index contributed by atoms with van der Waals surface area (Å²) < 4.78 is 23.4. The molecule has 40 heavy (non-hydrogen) atoms. The predicted molar refractivity (Wildman–Crippen MR) is 158 cm³/mol. The Balaban J connectivity index is 1.76. The molecule has 3 aliphatic rings. The molecule has 11 heteroatoms. The minimum Gasteiger partial charge on any atom is -0.496 e. The third kappa shape index (κ3) is 6.03. The van der Waals surface area contributed by atoms with Crippen LogP contribution in [-0.4, -0.2) is 79.2 Å². The van der Waals surface area contributed by atoms with E-state index in [0.717, 1.165) is 22.4 Å². The first-order valence-electron chi connectivity index (χ1n) is 13.3. The Hall–Kier alpha value is -2.19. The number of hydrogen-bond acceptors (Lipinski definition) is 8. The smallest absolute Gasteiger partial charge is 0.409 e. The van der Waals surface area contributed by atoms with Crippen LogP contribution < -0.4 is 15.0 Å². The van der Waals surface area contributed by atoms with E-state index in [2.05, 4.69) is 27.9 Å². The molecule has 7 unspecified atom stereocenters. The van der Waals surface area contributed by atoms with Gasteiger partial charge in [-0.3, -0.25) is 10.1 Å². The number of aliphatic hydroxyl groups excluding tert-OH is 1. The van der Waals surface area contributed by atoms with Gasteiger partial charge in [0, 0.05) is 36.5 Å². The van der Waals surface area contributed by atoms with Crippen molar-refractivity contribution in [3.05, 3.63) is 47.1 Å². The average Bonchev–Trinajstić information content (AvgIpc) is 3.61. The summed E-state index contributed by atoms with van der Waals surface area (Å²) in [5.41, 5.74) is 0.855. The first kappa shape index (κ1) is 30.8. The maximum atomic E-state index is 13.4. The van der Waals surface area contributed by atoms with Gasteiger partial charge >= 0.3 is 6.09 Å². The van der Waals surface area contributed by atoms with Gasteiger partial charge in [0.05, 0.1) is 31.4 Å². The van der Waals surface area contributed by atoms with Gasteiger partial charge in [-0.2, -0.15) is 0 Å². The molecule has 7 atom stereocenters. The highest BCUT2D eigenvalue weighted by molar-refractivity contribution is 14.1. The van der Waals surface area contributed by atoms with Gasteiger partial charge < -0.3 is 34.1 Å². The van der Waals surface area contributed by atoms with E-state index in [1.807, 2.05) is 32.1 Å². The Labute approximate surface area is 248 Å². The summed E-state index contributed by atoms with van der Waals surface area (Å²) in [5, 5.41) is 25.1. The maximum absolute atomic E-state index is 13.4. The zero-order valence-corrected chi connectivity index (χ0v) is 25.9. The number of carbonyl (C=O) groups excluding carboxylic acids is 2. The molecule has 1 aromatic carbocycles. The number of allylic oxidation sites excluding steroid dienone is 3. The first-order valence-corrected chi connectivity index (χ1v) is 14.9. The molecule has 0 aromatic heterocycles. The molecule has 3 aliphatic heterocycles. The molecule has 220 valence electrons. The van der Waals surface area contributed by atoms with Crippen molar-refractivity contribution in [1.29, 1.82) is 0 Å². The zero-order valence-electron chi connectivity index (χ0n) is 23.8. The number of ether oxygens (including phenoxy) is 4. The van der Waals surface area contributed by atoms with E-state index < -0.39 is 41.8 Å². The van der Waals surface area contributed by atoms with Crippen molar-refractivity contribution in [3.8, 4) is 5.75 Å². The topological polar surface area (TPSA) is 130 Å². The Morgan fingerprint density at radius 3 is 2.65 bits per heavy atom. The van der Waals surface area contributed by atoms with Crippen LogP contribution in [0.3, 0.4) is 0 Å². The van der Waals surface area contributed by atoms with E-state index in [4.69, 9.17) is 18.9 Å². The van der Waals surface area contributed by atoms with E-state index >= 15 is 0 Å². The monoisotopic (exact) mass is 670 g/mol. The largest absolute Gasteiger partial charge is 0.496 e. The number of rotatable bonds is 3. The number of fused-ring (bicyclic) bond motifs is 5. The quantitative estimate of drug-likeness (QED) is 0.254. The van der Waals surface area contributed by atoms with Crippen molar-refractivity contribution < 1.29 is 38.7 Å². The summed E-state index contributed by atoms with van der Waals surface area (Å²) in [7, 11) is 4.78. The van der Waals surface area contributed by atoms with Crippen LogP contribution in [-0.2, 0) is 29.9 Å². The molecule has 4 rings (SSSR count). The highest BCUT2D eigenvalue weighted by Gasteiger charge is 2.62. The average molecular weight is 671 g/mol. The van der Waals surface area contributed by atoms with Crippen molar-refractivity contribution >= 4 is 40.3 Å². The van der Waals surface area contributed by atoms with Gasteiger partial charge in [-0.1, -0.05) is 53.3 Å². The maximum Gasteiger partial charge on any atom is 0.409 e. The summed E-state index contributed by atoms with van der Waals surface area (Å²) >= 11 is 2.25. The van der Waals surface area contributed by atoms with Crippen molar-refractivity contribution in [3.63, 3.8) is 0 Å². The number of epoxide rings is 1. The second kappa shape index (κ2) is 12.0. The Bertz CT molecular complexity index is 1200. The molecular weight excluding hydrogens is 631 g/mol. The van der Waals surface area contributed by atoms with Gasteiger partial charge in [0.25, 0.3) is 0 Å². The highest BCUT2D eigenvalue weighted by atomic mass is 127. The molecular formula is C29H39IN2O8. The Morgan fingerprint density at radius 2 is 2.00 bits per heavy atom. The summed E-state index contributed by atoms with van der Waals surface area (Å²) in [6.07, 6.45) is 1.97.